The zero-order valence-electron chi connectivity index (χ0n) is 8.18. The number of nitrogens with one attached hydrogen (secondary N) is 1. The van der Waals surface area contributed by atoms with Crippen molar-refractivity contribution in [3.63, 3.8) is 0 Å². The van der Waals surface area contributed by atoms with Crippen molar-refractivity contribution in [1.82, 2.24) is 4.98 Å². The third-order valence-electron chi connectivity index (χ3n) is 1.85. The lowest BCUT2D eigenvalue weighted by Gasteiger charge is -2.00. The van der Waals surface area contributed by atoms with Gasteiger partial charge >= 0.3 is 0 Å². The predicted octanol–water partition coefficient (Wildman–Crippen LogP) is 0.596. The molecule has 6 nitrogen and oxygen atoms in total. The number of rotatable bonds is 2. The molecule has 76 valence electrons. The van der Waals surface area contributed by atoms with Crippen LogP contribution in [0.1, 0.15) is 6.92 Å². The minimum atomic E-state index is 0.323. The molecule has 0 bridgehead atoms. The average molecular weight is 202 g/mol. The summed E-state index contributed by atoms with van der Waals surface area (Å²) in [6.07, 6.45) is 3.36. The number of aromatic nitrogens is 1. The molecule has 6 heteroatoms. The predicted molar refractivity (Wildman–Crippen MR) is 60.0 cm³/mol. The van der Waals surface area contributed by atoms with E-state index in [4.69, 9.17) is 5.73 Å². The topological polar surface area (TPSA) is 88.0 Å². The maximum absolute atomic E-state index is 5.58. The van der Waals surface area contributed by atoms with Gasteiger partial charge in [0.15, 0.2) is 11.5 Å². The second-order valence-electron chi connectivity index (χ2n) is 2.98. The number of hydrazone groups is 1. The second-order valence-corrected chi connectivity index (χ2v) is 2.98. The number of nitrogens with two attached hydrogens (primary N) is 1. The minimum Gasteiger partial charge on any atom is -0.380 e. The summed E-state index contributed by atoms with van der Waals surface area (Å²) in [6.45, 7) is 1.80. The van der Waals surface area contributed by atoms with E-state index in [1.807, 2.05) is 12.1 Å². The Morgan fingerprint density at radius 2 is 2.27 bits per heavy atom. The molecule has 0 atom stereocenters. The molecule has 0 fully saturated rings. The van der Waals surface area contributed by atoms with E-state index in [1.54, 1.807) is 19.3 Å². The summed E-state index contributed by atoms with van der Waals surface area (Å²) in [5, 5.41) is 11.6. The van der Waals surface area contributed by atoms with Crippen LogP contribution in [0.3, 0.4) is 0 Å². The van der Waals surface area contributed by atoms with Gasteiger partial charge in [0.2, 0.25) is 0 Å². The Hall–Kier alpha value is -2.24. The number of hydrogen-bond donors (Lipinski definition) is 2. The van der Waals surface area contributed by atoms with E-state index >= 15 is 0 Å². The fourth-order valence-electron chi connectivity index (χ4n) is 1.10. The Kier molecular flexibility index (Phi) is 2.40. The molecule has 0 saturated heterocycles. The van der Waals surface area contributed by atoms with E-state index < -0.39 is 0 Å². The first kappa shape index (κ1) is 9.32. The summed E-state index contributed by atoms with van der Waals surface area (Å²) < 4.78 is 0. The fourth-order valence-corrected chi connectivity index (χ4v) is 1.10. The molecule has 1 aliphatic heterocycles. The highest BCUT2D eigenvalue weighted by atomic mass is 15.3. The lowest BCUT2D eigenvalue weighted by molar-refractivity contribution is 1.25. The van der Waals surface area contributed by atoms with Gasteiger partial charge in [-0.2, -0.15) is 10.2 Å². The third kappa shape index (κ3) is 1.98. The monoisotopic (exact) mass is 202 g/mol. The molecule has 2 rings (SSSR count). The summed E-state index contributed by atoms with van der Waals surface area (Å²) in [5.74, 6) is 0.323. The number of anilines is 1. The van der Waals surface area contributed by atoms with E-state index in [0.717, 1.165) is 5.69 Å². The van der Waals surface area contributed by atoms with Crippen molar-refractivity contribution in [3.05, 3.63) is 24.5 Å². The van der Waals surface area contributed by atoms with Crippen LogP contribution in [-0.4, -0.2) is 22.2 Å². The minimum absolute atomic E-state index is 0.323. The quantitative estimate of drug-likeness (QED) is 0.688. The molecule has 0 amide bonds. The smallest absolute Gasteiger partial charge is 0.175 e. The van der Waals surface area contributed by atoms with Gasteiger partial charge in [0.1, 0.15) is 0 Å². The molecule has 15 heavy (non-hydrogen) atoms. The number of hydrogen-bond acceptors (Lipinski definition) is 6. The summed E-state index contributed by atoms with van der Waals surface area (Å²) >= 11 is 0. The van der Waals surface area contributed by atoms with Crippen LogP contribution in [0.5, 0.6) is 0 Å². The largest absolute Gasteiger partial charge is 0.380 e. The maximum atomic E-state index is 5.58. The van der Waals surface area contributed by atoms with Crippen LogP contribution in [0.2, 0.25) is 0 Å². The molecular weight excluding hydrogens is 192 g/mol. The van der Waals surface area contributed by atoms with Gasteiger partial charge in [0.25, 0.3) is 0 Å². The molecule has 2 heterocycles. The van der Waals surface area contributed by atoms with Crippen LogP contribution in [-0.2, 0) is 0 Å². The van der Waals surface area contributed by atoms with Gasteiger partial charge < -0.3 is 5.73 Å². The van der Waals surface area contributed by atoms with Crippen molar-refractivity contribution in [2.24, 2.45) is 21.0 Å². The van der Waals surface area contributed by atoms with Crippen LogP contribution in [0.15, 0.2) is 39.8 Å². The molecule has 1 aliphatic rings. The molecule has 1 aromatic heterocycles. The average Bonchev–Trinajstić information content (AvgIpc) is 2.58. The number of nitrogens with zero attached hydrogens (tertiary/aromatic N) is 4. The summed E-state index contributed by atoms with van der Waals surface area (Å²) in [6, 6.07) is 3.67. The Balaban J connectivity index is 2.13. The first-order chi connectivity index (χ1) is 7.27. The second kappa shape index (κ2) is 3.87. The highest BCUT2D eigenvalue weighted by molar-refractivity contribution is 6.69. The van der Waals surface area contributed by atoms with E-state index in [9.17, 15) is 0 Å². The molecule has 0 aromatic carbocycles. The van der Waals surface area contributed by atoms with Gasteiger partial charge in [0.05, 0.1) is 17.6 Å². The van der Waals surface area contributed by atoms with E-state index in [2.05, 4.69) is 25.7 Å². The molecule has 1 aromatic rings. The van der Waals surface area contributed by atoms with Gasteiger partial charge in [-0.15, -0.1) is 5.10 Å². The van der Waals surface area contributed by atoms with Crippen molar-refractivity contribution in [2.75, 3.05) is 5.43 Å². The van der Waals surface area contributed by atoms with Gasteiger partial charge in [-0.1, -0.05) is 0 Å². The van der Waals surface area contributed by atoms with Crippen LogP contribution in [0, 0.1) is 0 Å². The molecule has 0 saturated carbocycles. The first-order valence-electron chi connectivity index (χ1n) is 4.39. The van der Waals surface area contributed by atoms with Crippen molar-refractivity contribution < 1.29 is 0 Å². The Bertz CT molecular complexity index is 425. The van der Waals surface area contributed by atoms with Crippen LogP contribution >= 0.6 is 0 Å². The zero-order valence-corrected chi connectivity index (χ0v) is 8.18. The summed E-state index contributed by atoms with van der Waals surface area (Å²) in [7, 11) is 0. The fraction of sp³-hybridized carbons (Fsp3) is 0.111. The van der Waals surface area contributed by atoms with E-state index in [0.29, 0.717) is 17.3 Å². The molecule has 3 N–H and O–H groups in total. The molecular formula is C9H10N6. The Labute approximate surface area is 86.6 Å². The van der Waals surface area contributed by atoms with Crippen LogP contribution in [0.25, 0.3) is 0 Å². The standard InChI is InChI=1S/C9H10N6/c1-6-8(9(10)15-12-6)14-13-7-3-2-4-11-5-7/h2-5,13H,1H3,(H2,10,14,15). The Morgan fingerprint density at radius 1 is 1.40 bits per heavy atom. The third-order valence-corrected chi connectivity index (χ3v) is 1.85. The molecule has 0 aliphatic carbocycles. The number of amidine groups is 1. The highest BCUT2D eigenvalue weighted by Crippen LogP contribution is 2.03. The lowest BCUT2D eigenvalue weighted by atomic mass is 10.2. The van der Waals surface area contributed by atoms with Crippen molar-refractivity contribution in [3.8, 4) is 0 Å². The van der Waals surface area contributed by atoms with Crippen molar-refractivity contribution in [1.29, 1.82) is 0 Å². The van der Waals surface area contributed by atoms with Gasteiger partial charge in [-0.3, -0.25) is 10.4 Å². The lowest BCUT2D eigenvalue weighted by Crippen LogP contribution is -2.26. The van der Waals surface area contributed by atoms with Gasteiger partial charge in [-0.25, -0.2) is 0 Å². The summed E-state index contributed by atoms with van der Waals surface area (Å²) in [4.78, 5) is 3.94. The summed E-state index contributed by atoms with van der Waals surface area (Å²) in [5.41, 5.74) is 10.5. The van der Waals surface area contributed by atoms with Gasteiger partial charge in [-0.05, 0) is 19.1 Å². The van der Waals surface area contributed by atoms with Crippen LogP contribution < -0.4 is 11.2 Å². The van der Waals surface area contributed by atoms with Crippen molar-refractivity contribution >= 4 is 22.9 Å². The van der Waals surface area contributed by atoms with E-state index in [1.165, 1.54) is 0 Å². The maximum Gasteiger partial charge on any atom is 0.175 e. The first-order valence-corrected chi connectivity index (χ1v) is 4.39. The highest BCUT2D eigenvalue weighted by Gasteiger charge is 2.14. The zero-order chi connectivity index (χ0) is 10.7. The SMILES string of the molecule is CC1=NN=C(N)/C1=N/Nc1cccnc1. The van der Waals surface area contributed by atoms with Crippen LogP contribution in [0.4, 0.5) is 5.69 Å². The van der Waals surface area contributed by atoms with Gasteiger partial charge in [0, 0.05) is 6.20 Å². The molecule has 0 radical (unpaired) electrons. The number of pyridine rings is 1. The Morgan fingerprint density at radius 3 is 2.87 bits per heavy atom. The van der Waals surface area contributed by atoms with Crippen molar-refractivity contribution in [2.45, 2.75) is 6.92 Å². The normalized spacial score (nSPS) is 17.5. The molecule has 0 unspecified atom stereocenters. The molecule has 0 spiro atoms. The van der Waals surface area contributed by atoms with E-state index in [-0.39, 0.29) is 0 Å².